The molecule has 1 saturated carbocycles. The van der Waals surface area contributed by atoms with Gasteiger partial charge in [0, 0.05) is 17.2 Å². The summed E-state index contributed by atoms with van der Waals surface area (Å²) in [4.78, 5) is 4.44. The van der Waals surface area contributed by atoms with Gasteiger partial charge in [-0.1, -0.05) is 19.8 Å². The second kappa shape index (κ2) is 5.88. The third-order valence-electron chi connectivity index (χ3n) is 3.99. The third kappa shape index (κ3) is 2.89. The molecule has 1 fully saturated rings. The number of anilines is 1. The Morgan fingerprint density at radius 3 is 2.89 bits per heavy atom. The van der Waals surface area contributed by atoms with Gasteiger partial charge in [0.1, 0.15) is 5.82 Å². The van der Waals surface area contributed by atoms with E-state index in [1.165, 1.54) is 19.3 Å². The predicted octanol–water partition coefficient (Wildman–Crippen LogP) is 3.93. The average molecular weight is 377 g/mol. The monoisotopic (exact) mass is 375 g/mol. The summed E-state index contributed by atoms with van der Waals surface area (Å²) in [6.45, 7) is 2.93. The van der Waals surface area contributed by atoms with Crippen molar-refractivity contribution < 1.29 is 0 Å². The summed E-state index contributed by atoms with van der Waals surface area (Å²) in [7, 11) is 0. The second-order valence-corrected chi connectivity index (χ2v) is 6.89. The highest BCUT2D eigenvalue weighted by molar-refractivity contribution is 9.11. The highest BCUT2D eigenvalue weighted by Gasteiger charge is 2.37. The maximum Gasteiger partial charge on any atom is 0.140 e. The lowest BCUT2D eigenvalue weighted by atomic mass is 9.73. The quantitative estimate of drug-likeness (QED) is 0.840. The number of pyridine rings is 1. The minimum atomic E-state index is -0.0123. The summed E-state index contributed by atoms with van der Waals surface area (Å²) in [6.07, 6.45) is 6.71. The Labute approximate surface area is 125 Å². The van der Waals surface area contributed by atoms with Gasteiger partial charge in [-0.25, -0.2) is 4.98 Å². The van der Waals surface area contributed by atoms with Crippen LogP contribution in [0.3, 0.4) is 0 Å². The highest BCUT2D eigenvalue weighted by Crippen LogP contribution is 2.37. The van der Waals surface area contributed by atoms with E-state index in [4.69, 9.17) is 5.73 Å². The minimum Gasteiger partial charge on any atom is -0.362 e. The van der Waals surface area contributed by atoms with Gasteiger partial charge in [-0.15, -0.1) is 0 Å². The number of hydrogen-bond donors (Lipinski definition) is 2. The van der Waals surface area contributed by atoms with Gasteiger partial charge in [0.2, 0.25) is 0 Å². The van der Waals surface area contributed by atoms with Crippen molar-refractivity contribution in [2.75, 3.05) is 11.9 Å². The van der Waals surface area contributed by atoms with Crippen molar-refractivity contribution in [1.29, 1.82) is 0 Å². The van der Waals surface area contributed by atoms with Gasteiger partial charge < -0.3 is 11.1 Å². The number of nitrogens with one attached hydrogen (secondary N) is 1. The molecule has 1 aliphatic carbocycles. The number of nitrogens with zero attached hydrogens (tertiary/aromatic N) is 1. The first-order chi connectivity index (χ1) is 8.57. The highest BCUT2D eigenvalue weighted by atomic mass is 79.9. The normalized spacial score (nSPS) is 28.1. The average Bonchev–Trinajstić information content (AvgIpc) is 2.35. The van der Waals surface area contributed by atoms with Crippen molar-refractivity contribution in [2.45, 2.75) is 38.1 Å². The number of nitrogens with two attached hydrogens (primary N) is 1. The molecule has 0 spiro atoms. The third-order valence-corrected chi connectivity index (χ3v) is 5.03. The molecule has 0 bridgehead atoms. The fourth-order valence-electron chi connectivity index (χ4n) is 2.70. The van der Waals surface area contributed by atoms with Gasteiger partial charge in [-0.05, 0) is 56.7 Å². The van der Waals surface area contributed by atoms with E-state index in [2.05, 4.69) is 49.1 Å². The first-order valence-corrected chi connectivity index (χ1v) is 7.95. The maximum absolute atomic E-state index is 6.04. The molecule has 3 nitrogen and oxygen atoms in total. The van der Waals surface area contributed by atoms with Crippen molar-refractivity contribution >= 4 is 37.7 Å². The lowest BCUT2D eigenvalue weighted by molar-refractivity contribution is 0.235. The zero-order chi connectivity index (χ0) is 13.2. The standard InChI is InChI=1S/C13H19Br2N3/c1-9-4-2-3-5-13(9,8-16)18-12-11(15)6-10(14)7-17-12/h6-7,9H,2-5,8,16H2,1H3,(H,17,18). The Morgan fingerprint density at radius 1 is 1.50 bits per heavy atom. The molecule has 1 aromatic heterocycles. The molecule has 0 aliphatic heterocycles. The van der Waals surface area contributed by atoms with E-state index in [9.17, 15) is 0 Å². The Hall–Kier alpha value is -0.130. The van der Waals surface area contributed by atoms with Crippen molar-refractivity contribution in [3.63, 3.8) is 0 Å². The smallest absolute Gasteiger partial charge is 0.140 e. The molecule has 100 valence electrons. The van der Waals surface area contributed by atoms with E-state index in [0.29, 0.717) is 12.5 Å². The van der Waals surface area contributed by atoms with Gasteiger partial charge in [0.15, 0.2) is 0 Å². The van der Waals surface area contributed by atoms with E-state index >= 15 is 0 Å². The first kappa shape index (κ1) is 14.3. The molecule has 0 amide bonds. The van der Waals surface area contributed by atoms with E-state index in [1.54, 1.807) is 0 Å². The molecule has 18 heavy (non-hydrogen) atoms. The van der Waals surface area contributed by atoms with Gasteiger partial charge in [0.05, 0.1) is 10.0 Å². The molecule has 0 saturated heterocycles. The lowest BCUT2D eigenvalue weighted by Gasteiger charge is -2.43. The zero-order valence-corrected chi connectivity index (χ0v) is 13.7. The van der Waals surface area contributed by atoms with Crippen LogP contribution in [0, 0.1) is 5.92 Å². The molecule has 3 N–H and O–H groups in total. The molecular formula is C13H19Br2N3. The van der Waals surface area contributed by atoms with Crippen LogP contribution < -0.4 is 11.1 Å². The van der Waals surface area contributed by atoms with E-state index < -0.39 is 0 Å². The van der Waals surface area contributed by atoms with Gasteiger partial charge >= 0.3 is 0 Å². The number of aromatic nitrogens is 1. The molecule has 2 atom stereocenters. The Balaban J connectivity index is 2.24. The van der Waals surface area contributed by atoms with Crippen LogP contribution in [-0.2, 0) is 0 Å². The summed E-state index contributed by atoms with van der Waals surface area (Å²) in [5, 5.41) is 3.59. The number of hydrogen-bond acceptors (Lipinski definition) is 3. The summed E-state index contributed by atoms with van der Waals surface area (Å²) < 4.78 is 1.95. The SMILES string of the molecule is CC1CCCCC1(CN)Nc1ncc(Br)cc1Br. The summed E-state index contributed by atoms with van der Waals surface area (Å²) in [6, 6.07) is 2.01. The van der Waals surface area contributed by atoms with Crippen LogP contribution in [0.15, 0.2) is 21.2 Å². The van der Waals surface area contributed by atoms with Crippen LogP contribution in [0.4, 0.5) is 5.82 Å². The van der Waals surface area contributed by atoms with Crippen LogP contribution in [0.1, 0.15) is 32.6 Å². The molecule has 2 unspecified atom stereocenters. The summed E-state index contributed by atoms with van der Waals surface area (Å²) in [5.74, 6) is 1.46. The Morgan fingerprint density at radius 2 is 2.28 bits per heavy atom. The molecule has 0 aromatic carbocycles. The van der Waals surface area contributed by atoms with Crippen LogP contribution in [-0.4, -0.2) is 17.1 Å². The topological polar surface area (TPSA) is 50.9 Å². The van der Waals surface area contributed by atoms with Crippen LogP contribution in [0.5, 0.6) is 0 Å². The Kier molecular flexibility index (Phi) is 4.67. The molecule has 1 aromatic rings. The molecular weight excluding hydrogens is 358 g/mol. The molecule has 5 heteroatoms. The van der Waals surface area contributed by atoms with E-state index in [1.807, 2.05) is 12.3 Å². The zero-order valence-electron chi connectivity index (χ0n) is 10.5. The number of halogens is 2. The Bertz CT molecular complexity index is 425. The number of rotatable bonds is 3. The van der Waals surface area contributed by atoms with E-state index in [-0.39, 0.29) is 5.54 Å². The van der Waals surface area contributed by atoms with Crippen LogP contribution >= 0.6 is 31.9 Å². The van der Waals surface area contributed by atoms with Crippen LogP contribution in [0.2, 0.25) is 0 Å². The molecule has 0 radical (unpaired) electrons. The summed E-state index contributed by atoms with van der Waals surface area (Å²) in [5.41, 5.74) is 6.03. The molecule has 1 heterocycles. The first-order valence-electron chi connectivity index (χ1n) is 6.37. The predicted molar refractivity (Wildman–Crippen MR) is 82.7 cm³/mol. The van der Waals surface area contributed by atoms with Crippen LogP contribution in [0.25, 0.3) is 0 Å². The largest absolute Gasteiger partial charge is 0.362 e. The summed E-state index contributed by atoms with van der Waals surface area (Å²) >= 11 is 6.97. The van der Waals surface area contributed by atoms with Crippen molar-refractivity contribution in [3.05, 3.63) is 21.2 Å². The lowest BCUT2D eigenvalue weighted by Crippen LogP contribution is -2.52. The minimum absolute atomic E-state index is 0.0123. The fraction of sp³-hybridized carbons (Fsp3) is 0.615. The van der Waals surface area contributed by atoms with Gasteiger partial charge in [-0.2, -0.15) is 0 Å². The fourth-order valence-corrected chi connectivity index (χ4v) is 3.78. The van der Waals surface area contributed by atoms with Gasteiger partial charge in [-0.3, -0.25) is 0 Å². The van der Waals surface area contributed by atoms with Crippen molar-refractivity contribution in [3.8, 4) is 0 Å². The molecule has 1 aliphatic rings. The maximum atomic E-state index is 6.04. The van der Waals surface area contributed by atoms with E-state index in [0.717, 1.165) is 21.2 Å². The molecule has 2 rings (SSSR count). The second-order valence-electron chi connectivity index (χ2n) is 5.12. The van der Waals surface area contributed by atoms with Gasteiger partial charge in [0.25, 0.3) is 0 Å². The van der Waals surface area contributed by atoms with Crippen molar-refractivity contribution in [2.24, 2.45) is 11.7 Å². The van der Waals surface area contributed by atoms with Crippen molar-refractivity contribution in [1.82, 2.24) is 4.98 Å².